The zero-order chi connectivity index (χ0) is 17.8. The Balaban J connectivity index is 1.24. The topological polar surface area (TPSA) is 59.0 Å². The summed E-state index contributed by atoms with van der Waals surface area (Å²) in [6.07, 6.45) is 10.3. The fourth-order valence-electron chi connectivity index (χ4n) is 4.46. The first-order chi connectivity index (χ1) is 12.8. The highest BCUT2D eigenvalue weighted by atomic mass is 16.1. The highest BCUT2D eigenvalue weighted by molar-refractivity contribution is 5.76. The van der Waals surface area contributed by atoms with Gasteiger partial charge in [0.05, 0.1) is 6.54 Å². The van der Waals surface area contributed by atoms with Gasteiger partial charge in [0.1, 0.15) is 5.82 Å². The molecule has 2 fully saturated rings. The van der Waals surface area contributed by atoms with E-state index in [1.165, 1.54) is 18.4 Å². The summed E-state index contributed by atoms with van der Waals surface area (Å²) in [5.74, 6) is 1.63. The van der Waals surface area contributed by atoms with E-state index in [0.717, 1.165) is 31.6 Å². The molecule has 2 aliphatic heterocycles. The van der Waals surface area contributed by atoms with E-state index in [2.05, 4.69) is 44.5 Å². The first kappa shape index (κ1) is 17.3. The number of aryl methyl sites for hydroxylation is 2. The maximum Gasteiger partial charge on any atom is 0.220 e. The summed E-state index contributed by atoms with van der Waals surface area (Å²) in [4.78, 5) is 16.8. The minimum Gasteiger partial charge on any atom is -0.349 e. The fourth-order valence-corrected chi connectivity index (χ4v) is 4.46. The molecule has 0 aliphatic carbocycles. The zero-order valence-electron chi connectivity index (χ0n) is 15.2. The van der Waals surface area contributed by atoms with Gasteiger partial charge in [-0.25, -0.2) is 4.98 Å². The Morgan fingerprint density at radius 3 is 2.73 bits per heavy atom. The number of carbonyl (C=O) groups excluding carboxylic acids is 1. The number of benzene rings is 1. The second-order valence-corrected chi connectivity index (χ2v) is 7.73. The quantitative estimate of drug-likeness (QED) is 0.805. The van der Waals surface area contributed by atoms with E-state index >= 15 is 0 Å². The van der Waals surface area contributed by atoms with Gasteiger partial charge in [0.2, 0.25) is 5.91 Å². The van der Waals surface area contributed by atoms with Gasteiger partial charge in [-0.15, -0.1) is 0 Å². The number of fused-ring (bicyclic) bond motifs is 2. The minimum atomic E-state index is 0.161. The monoisotopic (exact) mass is 352 g/mol. The third-order valence-electron chi connectivity index (χ3n) is 5.77. The Hall–Kier alpha value is -2.14. The highest BCUT2D eigenvalue weighted by Crippen LogP contribution is 2.32. The number of imidazole rings is 1. The molecule has 0 radical (unpaired) electrons. The predicted octanol–water partition coefficient (Wildman–Crippen LogP) is 2.66. The molecule has 0 saturated carbocycles. The number of aromatic nitrogens is 2. The van der Waals surface area contributed by atoms with Crippen molar-refractivity contribution in [2.45, 2.75) is 63.7 Å². The highest BCUT2D eigenvalue weighted by Gasteiger charge is 2.34. The Labute approximate surface area is 155 Å². The van der Waals surface area contributed by atoms with Crippen LogP contribution < -0.4 is 10.6 Å². The molecule has 2 N–H and O–H groups in total. The second-order valence-electron chi connectivity index (χ2n) is 7.73. The lowest BCUT2D eigenvalue weighted by atomic mass is 9.89. The number of rotatable bonds is 7. The molecule has 2 aromatic rings. The molecule has 5 nitrogen and oxygen atoms in total. The van der Waals surface area contributed by atoms with Crippen LogP contribution in [0.1, 0.15) is 43.5 Å². The van der Waals surface area contributed by atoms with Crippen LogP contribution in [-0.2, 0) is 24.3 Å². The van der Waals surface area contributed by atoms with Crippen molar-refractivity contribution >= 4 is 5.91 Å². The van der Waals surface area contributed by atoms with Crippen LogP contribution in [0.5, 0.6) is 0 Å². The lowest BCUT2D eigenvalue weighted by molar-refractivity contribution is -0.122. The van der Waals surface area contributed by atoms with Crippen molar-refractivity contribution < 1.29 is 4.79 Å². The van der Waals surface area contributed by atoms with Gasteiger partial charge in [-0.3, -0.25) is 4.79 Å². The number of piperidine rings is 1. The molecule has 2 aliphatic rings. The molecule has 5 heteroatoms. The van der Waals surface area contributed by atoms with Gasteiger partial charge in [-0.2, -0.15) is 0 Å². The molecule has 2 unspecified atom stereocenters. The number of carbonyl (C=O) groups is 1. The van der Waals surface area contributed by atoms with Gasteiger partial charge < -0.3 is 15.2 Å². The van der Waals surface area contributed by atoms with Crippen LogP contribution in [0.2, 0.25) is 0 Å². The van der Waals surface area contributed by atoms with E-state index < -0.39 is 0 Å². The lowest BCUT2D eigenvalue weighted by Gasteiger charge is -2.28. The van der Waals surface area contributed by atoms with Gasteiger partial charge in [0, 0.05) is 37.4 Å². The van der Waals surface area contributed by atoms with Gasteiger partial charge in [-0.05, 0) is 43.6 Å². The summed E-state index contributed by atoms with van der Waals surface area (Å²) in [6.45, 7) is 1.39. The molecule has 2 atom stereocenters. The maximum atomic E-state index is 12.4. The summed E-state index contributed by atoms with van der Waals surface area (Å²) in [7, 11) is 0. The van der Waals surface area contributed by atoms with Crippen molar-refractivity contribution in [2.75, 3.05) is 0 Å². The summed E-state index contributed by atoms with van der Waals surface area (Å²) in [5, 5.41) is 6.72. The van der Waals surface area contributed by atoms with Crippen molar-refractivity contribution in [1.82, 2.24) is 20.2 Å². The number of nitrogens with one attached hydrogen (secondary N) is 2. The summed E-state index contributed by atoms with van der Waals surface area (Å²) in [6, 6.07) is 11.7. The third kappa shape index (κ3) is 4.33. The van der Waals surface area contributed by atoms with Gasteiger partial charge >= 0.3 is 0 Å². The predicted molar refractivity (Wildman–Crippen MR) is 102 cm³/mol. The largest absolute Gasteiger partial charge is 0.349 e. The Bertz CT molecular complexity index is 715. The van der Waals surface area contributed by atoms with Crippen LogP contribution in [0.3, 0.4) is 0 Å². The van der Waals surface area contributed by atoms with Crippen molar-refractivity contribution in [2.24, 2.45) is 5.92 Å². The normalized spacial score (nSPS) is 24.5. The molecule has 26 heavy (non-hydrogen) atoms. The molecule has 3 heterocycles. The molecule has 0 spiro atoms. The SMILES string of the molecule is O=C(CC1CC2CCC(C1)N2)NCc1nccn1CCc1ccccc1. The van der Waals surface area contributed by atoms with E-state index in [1.807, 2.05) is 18.5 Å². The molecule has 2 bridgehead atoms. The van der Waals surface area contributed by atoms with Crippen molar-refractivity contribution in [1.29, 1.82) is 0 Å². The lowest BCUT2D eigenvalue weighted by Crippen LogP contribution is -2.39. The molecule has 1 aromatic carbocycles. The molecular formula is C21H28N4O. The first-order valence-electron chi connectivity index (χ1n) is 9.83. The summed E-state index contributed by atoms with van der Waals surface area (Å²) in [5.41, 5.74) is 1.32. The standard InChI is InChI=1S/C21H28N4O/c26-21(14-17-12-18-6-7-19(13-17)24-18)23-15-20-22-9-11-25(20)10-8-16-4-2-1-3-5-16/h1-5,9,11,17-19,24H,6-8,10,12-15H2,(H,23,26). The molecule has 4 rings (SSSR count). The summed E-state index contributed by atoms with van der Waals surface area (Å²) < 4.78 is 2.14. The van der Waals surface area contributed by atoms with Crippen LogP contribution >= 0.6 is 0 Å². The fraction of sp³-hybridized carbons (Fsp3) is 0.524. The maximum absolute atomic E-state index is 12.4. The zero-order valence-corrected chi connectivity index (χ0v) is 15.2. The number of hydrogen-bond donors (Lipinski definition) is 2. The van der Waals surface area contributed by atoms with E-state index in [4.69, 9.17) is 0 Å². The second kappa shape index (κ2) is 8.04. The molecular weight excluding hydrogens is 324 g/mol. The van der Waals surface area contributed by atoms with E-state index in [1.54, 1.807) is 0 Å². The van der Waals surface area contributed by atoms with Gasteiger partial charge in [-0.1, -0.05) is 30.3 Å². The third-order valence-corrected chi connectivity index (χ3v) is 5.77. The summed E-state index contributed by atoms with van der Waals surface area (Å²) >= 11 is 0. The Kier molecular flexibility index (Phi) is 5.34. The molecule has 2 saturated heterocycles. The average molecular weight is 352 g/mol. The Morgan fingerprint density at radius 2 is 1.96 bits per heavy atom. The van der Waals surface area contributed by atoms with Crippen molar-refractivity contribution in [3.05, 3.63) is 54.1 Å². The molecule has 1 amide bonds. The van der Waals surface area contributed by atoms with Crippen molar-refractivity contribution in [3.63, 3.8) is 0 Å². The van der Waals surface area contributed by atoms with Crippen LogP contribution in [0.4, 0.5) is 0 Å². The average Bonchev–Trinajstić information content (AvgIpc) is 3.25. The first-order valence-corrected chi connectivity index (χ1v) is 9.83. The minimum absolute atomic E-state index is 0.161. The van der Waals surface area contributed by atoms with E-state index in [9.17, 15) is 4.79 Å². The van der Waals surface area contributed by atoms with Gasteiger partial charge in [0.15, 0.2) is 0 Å². The Morgan fingerprint density at radius 1 is 1.19 bits per heavy atom. The van der Waals surface area contributed by atoms with Crippen LogP contribution in [0.25, 0.3) is 0 Å². The van der Waals surface area contributed by atoms with E-state index in [-0.39, 0.29) is 5.91 Å². The smallest absolute Gasteiger partial charge is 0.220 e. The molecule has 138 valence electrons. The number of nitrogens with zero attached hydrogens (tertiary/aromatic N) is 2. The van der Waals surface area contributed by atoms with Crippen molar-refractivity contribution in [3.8, 4) is 0 Å². The number of hydrogen-bond acceptors (Lipinski definition) is 3. The number of amides is 1. The van der Waals surface area contributed by atoms with Gasteiger partial charge in [0.25, 0.3) is 0 Å². The molecule has 1 aromatic heterocycles. The van der Waals surface area contributed by atoms with Crippen LogP contribution in [0.15, 0.2) is 42.7 Å². The van der Waals surface area contributed by atoms with E-state index in [0.29, 0.717) is 31.0 Å². The van der Waals surface area contributed by atoms with Crippen LogP contribution in [0, 0.1) is 5.92 Å². The van der Waals surface area contributed by atoms with Crippen LogP contribution in [-0.4, -0.2) is 27.5 Å².